The molecule has 0 aliphatic heterocycles. The van der Waals surface area contributed by atoms with Gasteiger partial charge < -0.3 is 14.2 Å². The third kappa shape index (κ3) is 3.73. The fourth-order valence-corrected chi connectivity index (χ4v) is 3.89. The Hall–Kier alpha value is -3.36. The van der Waals surface area contributed by atoms with E-state index in [1.807, 2.05) is 6.92 Å². The molecule has 1 aliphatic rings. The Balaban J connectivity index is 1.74. The smallest absolute Gasteiger partial charge is 0.343 e. The fraction of sp³-hybridized carbons (Fsp3) is 0.280. The zero-order chi connectivity index (χ0) is 24.7. The molecule has 0 atom stereocenters. The van der Waals surface area contributed by atoms with Crippen molar-refractivity contribution < 1.29 is 40.6 Å². The van der Waals surface area contributed by atoms with Crippen molar-refractivity contribution in [3.05, 3.63) is 76.9 Å². The number of hydrogen-bond acceptors (Lipinski definition) is 3. The molecule has 0 radical (unpaired) electrons. The minimum absolute atomic E-state index is 0.0550. The normalized spacial score (nSPS) is 15.3. The van der Waals surface area contributed by atoms with Crippen LogP contribution < -0.4 is 14.2 Å². The number of benzene rings is 3. The average molecular weight is 482 g/mol. The summed E-state index contributed by atoms with van der Waals surface area (Å²) in [7, 11) is 0. The molecule has 0 saturated carbocycles. The van der Waals surface area contributed by atoms with Crippen molar-refractivity contribution in [1.82, 2.24) is 0 Å². The van der Waals surface area contributed by atoms with Crippen LogP contribution in [0.1, 0.15) is 30.5 Å². The molecule has 0 amide bonds. The number of rotatable bonds is 7. The van der Waals surface area contributed by atoms with E-state index in [1.165, 1.54) is 6.92 Å². The number of alkyl halides is 4. The first kappa shape index (κ1) is 23.8. The van der Waals surface area contributed by atoms with Gasteiger partial charge in [-0.2, -0.15) is 17.6 Å². The van der Waals surface area contributed by atoms with E-state index < -0.39 is 58.1 Å². The van der Waals surface area contributed by atoms with Gasteiger partial charge in [-0.1, -0.05) is 12.1 Å². The predicted molar refractivity (Wildman–Crippen MR) is 113 cm³/mol. The molecule has 3 aromatic rings. The minimum atomic E-state index is -5.01. The fourth-order valence-electron chi connectivity index (χ4n) is 3.89. The van der Waals surface area contributed by atoms with Crippen LogP contribution in [0.4, 0.5) is 26.3 Å². The van der Waals surface area contributed by atoms with Gasteiger partial charge in [0.1, 0.15) is 23.9 Å². The molecular formula is C25H20F6O3. The summed E-state index contributed by atoms with van der Waals surface area (Å²) in [6, 6.07) is 10.6. The van der Waals surface area contributed by atoms with E-state index >= 15 is 13.2 Å². The van der Waals surface area contributed by atoms with E-state index in [2.05, 4.69) is 0 Å². The Morgan fingerprint density at radius 1 is 0.618 bits per heavy atom. The molecule has 34 heavy (non-hydrogen) atoms. The van der Waals surface area contributed by atoms with Gasteiger partial charge in [-0.25, -0.2) is 8.78 Å². The molecule has 4 rings (SSSR count). The second-order valence-electron chi connectivity index (χ2n) is 7.54. The quantitative estimate of drug-likeness (QED) is 0.333. The van der Waals surface area contributed by atoms with Gasteiger partial charge in [-0.3, -0.25) is 0 Å². The van der Waals surface area contributed by atoms with E-state index in [9.17, 15) is 13.2 Å². The van der Waals surface area contributed by atoms with E-state index in [-0.39, 0.29) is 12.2 Å². The van der Waals surface area contributed by atoms with Crippen molar-refractivity contribution in [2.45, 2.75) is 32.3 Å². The molecule has 0 N–H and O–H groups in total. The SMILES string of the molecule is CCOc1ccc(OCc2ccc3c(c2F)C(F)(F)C(F)(F)c2c-3ccc(OCC)c2F)cc1. The molecule has 0 heterocycles. The van der Waals surface area contributed by atoms with Gasteiger partial charge in [0.25, 0.3) is 0 Å². The van der Waals surface area contributed by atoms with Gasteiger partial charge in [0.05, 0.1) is 24.3 Å². The number of hydrogen-bond donors (Lipinski definition) is 0. The Labute approximate surface area is 191 Å². The number of halogens is 6. The molecule has 9 heteroatoms. The topological polar surface area (TPSA) is 27.7 Å². The molecule has 0 saturated heterocycles. The third-order valence-electron chi connectivity index (χ3n) is 5.47. The summed E-state index contributed by atoms with van der Waals surface area (Å²) in [4.78, 5) is 0. The Morgan fingerprint density at radius 2 is 1.12 bits per heavy atom. The molecule has 1 aliphatic carbocycles. The van der Waals surface area contributed by atoms with Crippen LogP contribution in [0.25, 0.3) is 11.1 Å². The van der Waals surface area contributed by atoms with E-state index in [0.717, 1.165) is 24.3 Å². The van der Waals surface area contributed by atoms with Crippen molar-refractivity contribution in [2.75, 3.05) is 13.2 Å². The monoisotopic (exact) mass is 482 g/mol. The molecule has 0 spiro atoms. The van der Waals surface area contributed by atoms with Gasteiger partial charge >= 0.3 is 11.8 Å². The van der Waals surface area contributed by atoms with Gasteiger partial charge in [-0.15, -0.1) is 0 Å². The summed E-state index contributed by atoms with van der Waals surface area (Å²) in [5.74, 6) is -12.9. The van der Waals surface area contributed by atoms with Crippen LogP contribution in [0.3, 0.4) is 0 Å². The molecule has 3 aromatic carbocycles. The lowest BCUT2D eigenvalue weighted by atomic mass is 9.79. The highest BCUT2D eigenvalue weighted by Gasteiger charge is 2.65. The Kier molecular flexibility index (Phi) is 6.14. The molecule has 180 valence electrons. The highest BCUT2D eigenvalue weighted by molar-refractivity contribution is 5.77. The molecule has 3 nitrogen and oxygen atoms in total. The Bertz CT molecular complexity index is 1210. The highest BCUT2D eigenvalue weighted by atomic mass is 19.3. The summed E-state index contributed by atoms with van der Waals surface area (Å²) < 4.78 is 106. The standard InChI is InChI=1S/C25H20F6O3/c1-3-32-15-6-8-16(9-7-15)34-13-14-5-10-17-18-11-12-19(33-4-2)23(27)21(18)25(30,31)24(28,29)20(17)22(14)26/h5-12H,3-4,13H2,1-2H3. The van der Waals surface area contributed by atoms with Crippen LogP contribution >= 0.6 is 0 Å². The van der Waals surface area contributed by atoms with Crippen molar-refractivity contribution in [3.63, 3.8) is 0 Å². The average Bonchev–Trinajstić information content (AvgIpc) is 2.79. The second kappa shape index (κ2) is 8.77. The van der Waals surface area contributed by atoms with Crippen molar-refractivity contribution in [1.29, 1.82) is 0 Å². The van der Waals surface area contributed by atoms with Gasteiger partial charge in [-0.05, 0) is 61.4 Å². The van der Waals surface area contributed by atoms with Gasteiger partial charge in [0, 0.05) is 5.56 Å². The third-order valence-corrected chi connectivity index (χ3v) is 5.47. The first-order valence-electron chi connectivity index (χ1n) is 10.5. The van der Waals surface area contributed by atoms with Gasteiger partial charge in [0.15, 0.2) is 11.6 Å². The van der Waals surface area contributed by atoms with Crippen molar-refractivity contribution in [3.8, 4) is 28.4 Å². The van der Waals surface area contributed by atoms with Crippen LogP contribution in [0, 0.1) is 11.6 Å². The van der Waals surface area contributed by atoms with E-state index in [0.29, 0.717) is 18.1 Å². The zero-order valence-electron chi connectivity index (χ0n) is 18.2. The maximum absolute atomic E-state index is 15.2. The molecule has 0 bridgehead atoms. The summed E-state index contributed by atoms with van der Waals surface area (Å²) in [6.45, 7) is 3.22. The lowest BCUT2D eigenvalue weighted by Crippen LogP contribution is -2.41. The van der Waals surface area contributed by atoms with Crippen LogP contribution in [0.2, 0.25) is 0 Å². The molecule has 0 aromatic heterocycles. The molecule has 0 fully saturated rings. The maximum atomic E-state index is 15.2. The van der Waals surface area contributed by atoms with Crippen LogP contribution in [-0.4, -0.2) is 13.2 Å². The predicted octanol–water partition coefficient (Wildman–Crippen LogP) is 7.21. The number of ether oxygens (including phenoxy) is 3. The second-order valence-corrected chi connectivity index (χ2v) is 7.54. The first-order chi connectivity index (χ1) is 16.1. The van der Waals surface area contributed by atoms with E-state index in [4.69, 9.17) is 14.2 Å². The summed E-state index contributed by atoms with van der Waals surface area (Å²) in [5, 5.41) is 0. The van der Waals surface area contributed by atoms with Crippen molar-refractivity contribution >= 4 is 0 Å². The van der Waals surface area contributed by atoms with Gasteiger partial charge in [0.2, 0.25) is 0 Å². The summed E-state index contributed by atoms with van der Waals surface area (Å²) in [6.07, 6.45) is 0. The minimum Gasteiger partial charge on any atom is -0.494 e. The summed E-state index contributed by atoms with van der Waals surface area (Å²) in [5.41, 5.74) is -4.41. The first-order valence-corrected chi connectivity index (χ1v) is 10.5. The highest BCUT2D eigenvalue weighted by Crippen LogP contribution is 2.60. The molecular weight excluding hydrogens is 462 g/mol. The van der Waals surface area contributed by atoms with Crippen LogP contribution in [0.15, 0.2) is 48.5 Å². The van der Waals surface area contributed by atoms with Crippen LogP contribution in [0.5, 0.6) is 17.2 Å². The maximum Gasteiger partial charge on any atom is 0.343 e. The molecule has 0 unspecified atom stereocenters. The van der Waals surface area contributed by atoms with Crippen LogP contribution in [-0.2, 0) is 18.5 Å². The van der Waals surface area contributed by atoms with Crippen molar-refractivity contribution in [2.24, 2.45) is 0 Å². The lowest BCUT2D eigenvalue weighted by Gasteiger charge is -2.35. The lowest BCUT2D eigenvalue weighted by molar-refractivity contribution is -0.228. The van der Waals surface area contributed by atoms with E-state index in [1.54, 1.807) is 24.3 Å². The Morgan fingerprint density at radius 3 is 1.68 bits per heavy atom. The number of fused-ring (bicyclic) bond motifs is 3. The summed E-state index contributed by atoms with van der Waals surface area (Å²) >= 11 is 0. The largest absolute Gasteiger partial charge is 0.494 e. The zero-order valence-corrected chi connectivity index (χ0v) is 18.2.